The molecule has 6 nitrogen and oxygen atoms in total. The SMILES string of the molecule is COc1cccc(-c2cc(C(C)=O)n3ccc(N4CCOCC4)cc23)n1. The predicted octanol–water partition coefficient (Wildman–Crippen LogP) is 3.05. The Kier molecular flexibility index (Phi) is 4.34. The van der Waals surface area contributed by atoms with E-state index in [0.29, 0.717) is 11.6 Å². The fourth-order valence-electron chi connectivity index (χ4n) is 3.36. The van der Waals surface area contributed by atoms with Crippen LogP contribution in [0.5, 0.6) is 5.88 Å². The Bertz CT molecular complexity index is 958. The molecule has 0 N–H and O–H groups in total. The highest BCUT2D eigenvalue weighted by Gasteiger charge is 2.18. The summed E-state index contributed by atoms with van der Waals surface area (Å²) in [5, 5.41) is 0. The Morgan fingerprint density at radius 3 is 2.73 bits per heavy atom. The number of hydrogen-bond donors (Lipinski definition) is 0. The molecule has 0 radical (unpaired) electrons. The van der Waals surface area contributed by atoms with Crippen molar-refractivity contribution in [2.24, 2.45) is 0 Å². The molecule has 1 aliphatic rings. The van der Waals surface area contributed by atoms with E-state index in [2.05, 4.69) is 16.0 Å². The number of fused-ring (bicyclic) bond motifs is 1. The number of morpholine rings is 1. The molecule has 4 rings (SSSR count). The van der Waals surface area contributed by atoms with E-state index in [1.54, 1.807) is 14.0 Å². The Balaban J connectivity index is 1.88. The van der Waals surface area contributed by atoms with Gasteiger partial charge in [0.05, 0.1) is 37.2 Å². The van der Waals surface area contributed by atoms with Crippen molar-refractivity contribution in [3.63, 3.8) is 0 Å². The molecule has 6 heteroatoms. The summed E-state index contributed by atoms with van der Waals surface area (Å²) in [6, 6.07) is 11.7. The number of nitrogens with zero attached hydrogens (tertiary/aromatic N) is 3. The number of carbonyl (C=O) groups is 1. The molecule has 1 aliphatic heterocycles. The highest BCUT2D eigenvalue weighted by Crippen LogP contribution is 2.31. The number of rotatable bonds is 4. The fourth-order valence-corrected chi connectivity index (χ4v) is 3.36. The molecule has 0 saturated carbocycles. The maximum absolute atomic E-state index is 12.1. The third kappa shape index (κ3) is 2.93. The second kappa shape index (κ2) is 6.80. The van der Waals surface area contributed by atoms with Crippen molar-refractivity contribution in [2.75, 3.05) is 38.3 Å². The van der Waals surface area contributed by atoms with Crippen LogP contribution in [0.4, 0.5) is 5.69 Å². The molecule has 0 bridgehead atoms. The van der Waals surface area contributed by atoms with Gasteiger partial charge in [-0.25, -0.2) is 4.98 Å². The van der Waals surface area contributed by atoms with Crippen LogP contribution in [0.15, 0.2) is 42.6 Å². The molecule has 0 aromatic carbocycles. The largest absolute Gasteiger partial charge is 0.481 e. The number of Topliss-reactive ketones (excluding diaryl/α,β-unsaturated/α-hetero) is 1. The lowest BCUT2D eigenvalue weighted by atomic mass is 10.1. The van der Waals surface area contributed by atoms with E-state index in [9.17, 15) is 4.79 Å². The van der Waals surface area contributed by atoms with Crippen LogP contribution < -0.4 is 9.64 Å². The van der Waals surface area contributed by atoms with Gasteiger partial charge in [-0.1, -0.05) is 6.07 Å². The summed E-state index contributed by atoms with van der Waals surface area (Å²) in [5.74, 6) is 0.573. The Morgan fingerprint density at radius 1 is 1.19 bits per heavy atom. The summed E-state index contributed by atoms with van der Waals surface area (Å²) >= 11 is 0. The van der Waals surface area contributed by atoms with Crippen LogP contribution in [-0.2, 0) is 4.74 Å². The smallest absolute Gasteiger partial charge is 0.213 e. The summed E-state index contributed by atoms with van der Waals surface area (Å²) in [6.45, 7) is 4.77. The quantitative estimate of drug-likeness (QED) is 0.676. The predicted molar refractivity (Wildman–Crippen MR) is 100 cm³/mol. The number of anilines is 1. The highest BCUT2D eigenvalue weighted by atomic mass is 16.5. The van der Waals surface area contributed by atoms with Gasteiger partial charge in [0.15, 0.2) is 5.78 Å². The Hall–Kier alpha value is -2.86. The van der Waals surface area contributed by atoms with Gasteiger partial charge in [0, 0.05) is 43.5 Å². The zero-order valence-corrected chi connectivity index (χ0v) is 14.9. The first-order valence-electron chi connectivity index (χ1n) is 8.67. The van der Waals surface area contributed by atoms with Crippen LogP contribution in [0, 0.1) is 0 Å². The Morgan fingerprint density at radius 2 is 2.00 bits per heavy atom. The summed E-state index contributed by atoms with van der Waals surface area (Å²) in [6.07, 6.45) is 1.96. The van der Waals surface area contributed by atoms with E-state index >= 15 is 0 Å². The zero-order chi connectivity index (χ0) is 18.1. The number of hydrogen-bond acceptors (Lipinski definition) is 5. The molecule has 3 aromatic rings. The van der Waals surface area contributed by atoms with Crippen molar-refractivity contribution >= 4 is 17.0 Å². The third-order valence-electron chi connectivity index (χ3n) is 4.70. The van der Waals surface area contributed by atoms with Crippen LogP contribution in [-0.4, -0.2) is 48.6 Å². The molecule has 0 unspecified atom stereocenters. The first-order chi connectivity index (χ1) is 12.7. The van der Waals surface area contributed by atoms with Crippen LogP contribution in [0.25, 0.3) is 16.8 Å². The molecule has 1 fully saturated rings. The van der Waals surface area contributed by atoms with Gasteiger partial charge in [-0.3, -0.25) is 4.79 Å². The van der Waals surface area contributed by atoms with Gasteiger partial charge in [0.2, 0.25) is 5.88 Å². The van der Waals surface area contributed by atoms with Crippen molar-refractivity contribution in [3.8, 4) is 17.1 Å². The third-order valence-corrected chi connectivity index (χ3v) is 4.70. The van der Waals surface area contributed by atoms with Gasteiger partial charge in [-0.15, -0.1) is 0 Å². The minimum Gasteiger partial charge on any atom is -0.481 e. The van der Waals surface area contributed by atoms with E-state index in [-0.39, 0.29) is 5.78 Å². The summed E-state index contributed by atoms with van der Waals surface area (Å²) in [5.41, 5.74) is 4.43. The molecular weight excluding hydrogens is 330 g/mol. The van der Waals surface area contributed by atoms with Crippen molar-refractivity contribution in [3.05, 3.63) is 48.3 Å². The molecular formula is C20H21N3O3. The van der Waals surface area contributed by atoms with E-state index in [4.69, 9.17) is 9.47 Å². The average Bonchev–Trinajstić information content (AvgIpc) is 3.08. The van der Waals surface area contributed by atoms with Crippen LogP contribution in [0.3, 0.4) is 0 Å². The normalized spacial score (nSPS) is 14.6. The topological polar surface area (TPSA) is 56.1 Å². The van der Waals surface area contributed by atoms with Crippen LogP contribution in [0.1, 0.15) is 17.4 Å². The standard InChI is InChI=1S/C20H21N3O3/c1-14(24)18-13-16(17-4-3-5-20(21-17)25-2)19-12-15(6-7-23(18)19)22-8-10-26-11-9-22/h3-7,12-13H,8-11H2,1-2H3. The van der Waals surface area contributed by atoms with Gasteiger partial charge >= 0.3 is 0 Å². The fraction of sp³-hybridized carbons (Fsp3) is 0.300. The monoisotopic (exact) mass is 351 g/mol. The minimum absolute atomic E-state index is 0.0215. The number of pyridine rings is 2. The van der Waals surface area contributed by atoms with E-state index < -0.39 is 0 Å². The Labute approximate surface area is 152 Å². The van der Waals surface area contributed by atoms with Crippen LogP contribution in [0.2, 0.25) is 0 Å². The lowest BCUT2D eigenvalue weighted by Gasteiger charge is -2.29. The molecule has 0 amide bonds. The summed E-state index contributed by atoms with van der Waals surface area (Å²) in [7, 11) is 1.60. The maximum Gasteiger partial charge on any atom is 0.213 e. The first-order valence-corrected chi connectivity index (χ1v) is 8.67. The van der Waals surface area contributed by atoms with Crippen molar-refractivity contribution in [1.82, 2.24) is 9.38 Å². The molecule has 4 heterocycles. The van der Waals surface area contributed by atoms with Crippen molar-refractivity contribution in [1.29, 1.82) is 0 Å². The number of methoxy groups -OCH3 is 1. The first kappa shape index (κ1) is 16.6. The van der Waals surface area contributed by atoms with Gasteiger partial charge in [-0.2, -0.15) is 0 Å². The van der Waals surface area contributed by atoms with Gasteiger partial charge in [0.25, 0.3) is 0 Å². The summed E-state index contributed by atoms with van der Waals surface area (Å²) < 4.78 is 12.6. The van der Waals surface area contributed by atoms with Crippen molar-refractivity contribution < 1.29 is 14.3 Å². The molecule has 3 aromatic heterocycles. The summed E-state index contributed by atoms with van der Waals surface area (Å²) in [4.78, 5) is 19.0. The van der Waals surface area contributed by atoms with E-state index in [1.807, 2.05) is 40.9 Å². The maximum atomic E-state index is 12.1. The molecule has 134 valence electrons. The minimum atomic E-state index is 0.0215. The second-order valence-corrected chi connectivity index (χ2v) is 6.30. The van der Waals surface area contributed by atoms with Gasteiger partial charge < -0.3 is 18.8 Å². The number of ketones is 1. The van der Waals surface area contributed by atoms with Gasteiger partial charge in [0.1, 0.15) is 0 Å². The van der Waals surface area contributed by atoms with Crippen molar-refractivity contribution in [2.45, 2.75) is 6.92 Å². The van der Waals surface area contributed by atoms with Gasteiger partial charge in [-0.05, 0) is 24.3 Å². The second-order valence-electron chi connectivity index (χ2n) is 6.30. The molecule has 26 heavy (non-hydrogen) atoms. The molecule has 1 saturated heterocycles. The number of carbonyl (C=O) groups excluding carboxylic acids is 1. The molecule has 0 aliphatic carbocycles. The number of aromatic nitrogens is 2. The van der Waals surface area contributed by atoms with E-state index in [0.717, 1.165) is 48.8 Å². The lowest BCUT2D eigenvalue weighted by Crippen LogP contribution is -2.36. The lowest BCUT2D eigenvalue weighted by molar-refractivity contribution is 0.101. The molecule has 0 atom stereocenters. The van der Waals surface area contributed by atoms with E-state index in [1.165, 1.54) is 0 Å². The average molecular weight is 351 g/mol. The molecule has 0 spiro atoms. The van der Waals surface area contributed by atoms with Crippen LogP contribution >= 0.6 is 0 Å². The highest BCUT2D eigenvalue weighted by molar-refractivity contribution is 5.98. The number of ether oxygens (including phenoxy) is 2. The zero-order valence-electron chi connectivity index (χ0n) is 14.9.